The Morgan fingerprint density at radius 2 is 0.781 bits per heavy atom. The minimum absolute atomic E-state index is 1.35. The van der Waals surface area contributed by atoms with Gasteiger partial charge in [-0.25, -0.2) is 0 Å². The summed E-state index contributed by atoms with van der Waals surface area (Å²) in [6.45, 7) is 6.98. The van der Waals surface area contributed by atoms with Crippen molar-refractivity contribution < 1.29 is 0 Å². The first-order valence-corrected chi connectivity index (χ1v) is 20.0. The standard InChI is InChI=1S/C30H56IP/c1-4-7-10-13-16-22-27-32(31,30-25-20-19-21-26-30,28-23-17-14-11-8-5-2)29-24-18-15-12-9-6-3/h19-21,25-26H,4-18,22-24,27-29H2,1-3H3. The average molecular weight is 575 g/mol. The molecule has 0 unspecified atom stereocenters. The fourth-order valence-corrected chi connectivity index (χ4v) is 14.5. The molecule has 0 saturated carbocycles. The Bertz CT molecular complexity index is 497. The summed E-state index contributed by atoms with van der Waals surface area (Å²) in [4.78, 5) is 0. The fourth-order valence-electron chi connectivity index (χ4n) is 5.29. The molecule has 1 aromatic carbocycles. The molecule has 0 saturated heterocycles. The maximum absolute atomic E-state index is 3.11. The molecule has 32 heavy (non-hydrogen) atoms. The van der Waals surface area contributed by atoms with Crippen LogP contribution in [0.5, 0.6) is 0 Å². The van der Waals surface area contributed by atoms with E-state index in [2.05, 4.69) is 73.1 Å². The summed E-state index contributed by atoms with van der Waals surface area (Å²) in [5.41, 5.74) is 0. The molecule has 0 bridgehead atoms. The topological polar surface area (TPSA) is 0 Å². The number of unbranched alkanes of at least 4 members (excludes halogenated alkanes) is 15. The third-order valence-corrected chi connectivity index (χ3v) is 19.1. The van der Waals surface area contributed by atoms with Crippen molar-refractivity contribution in [2.75, 3.05) is 18.5 Å². The van der Waals surface area contributed by atoms with Crippen LogP contribution in [0, 0.1) is 0 Å². The van der Waals surface area contributed by atoms with Crippen LogP contribution in [0.1, 0.15) is 136 Å². The van der Waals surface area contributed by atoms with Gasteiger partial charge >= 0.3 is 217 Å². The second-order valence-corrected chi connectivity index (χ2v) is 23.0. The molecule has 0 aromatic heterocycles. The molecule has 0 N–H and O–H groups in total. The van der Waals surface area contributed by atoms with Crippen molar-refractivity contribution in [3.8, 4) is 0 Å². The summed E-state index contributed by atoms with van der Waals surface area (Å²) >= 11 is 3.11. The van der Waals surface area contributed by atoms with Crippen LogP contribution >= 0.6 is 26.3 Å². The van der Waals surface area contributed by atoms with Gasteiger partial charge < -0.3 is 0 Å². The minimum atomic E-state index is -1.91. The van der Waals surface area contributed by atoms with Gasteiger partial charge in [0.15, 0.2) is 0 Å². The van der Waals surface area contributed by atoms with Crippen LogP contribution in [0.25, 0.3) is 0 Å². The number of rotatable bonds is 22. The predicted octanol–water partition coefficient (Wildman–Crippen LogP) is 11.3. The van der Waals surface area contributed by atoms with E-state index in [1.807, 2.05) is 0 Å². The van der Waals surface area contributed by atoms with E-state index in [9.17, 15) is 0 Å². The monoisotopic (exact) mass is 574 g/mol. The van der Waals surface area contributed by atoms with Crippen LogP contribution in [-0.4, -0.2) is 18.5 Å². The molecule has 0 spiro atoms. The summed E-state index contributed by atoms with van der Waals surface area (Å²) in [7, 11) is 0. The molecule has 0 fully saturated rings. The third-order valence-electron chi connectivity index (χ3n) is 7.47. The average Bonchev–Trinajstić information content (AvgIpc) is 2.82. The van der Waals surface area contributed by atoms with Crippen LogP contribution in [-0.2, 0) is 0 Å². The SMILES string of the molecule is CCCCCCCCP(I)(CCCCCCCC)(CCCCCCCC)c1ccccc1. The first-order valence-electron chi connectivity index (χ1n) is 14.4. The second-order valence-electron chi connectivity index (χ2n) is 10.4. The Kier molecular flexibility index (Phi) is 17.7. The van der Waals surface area contributed by atoms with Gasteiger partial charge in [-0.1, -0.05) is 0 Å². The zero-order valence-electron chi connectivity index (χ0n) is 22.1. The molecule has 0 heterocycles. The number of hydrogen-bond acceptors (Lipinski definition) is 0. The van der Waals surface area contributed by atoms with E-state index in [0.717, 1.165) is 0 Å². The van der Waals surface area contributed by atoms with Gasteiger partial charge in [0, 0.05) is 0 Å². The van der Waals surface area contributed by atoms with E-state index >= 15 is 0 Å². The third kappa shape index (κ3) is 12.2. The van der Waals surface area contributed by atoms with Crippen molar-refractivity contribution in [3.05, 3.63) is 30.3 Å². The molecule has 0 aliphatic carbocycles. The molecule has 0 radical (unpaired) electrons. The van der Waals surface area contributed by atoms with Crippen LogP contribution in [0.3, 0.4) is 0 Å². The molecule has 0 amide bonds. The van der Waals surface area contributed by atoms with E-state index in [-0.39, 0.29) is 0 Å². The Labute approximate surface area is 215 Å². The quantitative estimate of drug-likeness (QED) is 0.0734. The van der Waals surface area contributed by atoms with E-state index < -0.39 is 4.25 Å². The molecule has 1 aromatic rings. The fraction of sp³-hybridized carbons (Fsp3) is 0.800. The van der Waals surface area contributed by atoms with E-state index in [0.29, 0.717) is 0 Å². The molecule has 2 heteroatoms. The summed E-state index contributed by atoms with van der Waals surface area (Å²) in [6.07, 6.45) is 30.1. The molecule has 0 aliphatic rings. The van der Waals surface area contributed by atoms with Gasteiger partial charge in [0.2, 0.25) is 0 Å². The molecule has 0 nitrogen and oxygen atoms in total. The first-order chi connectivity index (χ1) is 15.6. The number of benzene rings is 1. The van der Waals surface area contributed by atoms with Gasteiger partial charge in [-0.3, -0.25) is 0 Å². The Hall–Kier alpha value is 0.380. The molecule has 1 rings (SSSR count). The van der Waals surface area contributed by atoms with Crippen LogP contribution < -0.4 is 5.30 Å². The number of hydrogen-bond donors (Lipinski definition) is 0. The van der Waals surface area contributed by atoms with Crippen molar-refractivity contribution in [1.82, 2.24) is 0 Å². The zero-order chi connectivity index (χ0) is 23.4. The van der Waals surface area contributed by atoms with Gasteiger partial charge in [0.25, 0.3) is 0 Å². The maximum atomic E-state index is 3.11. The van der Waals surface area contributed by atoms with Gasteiger partial charge in [-0.05, 0) is 0 Å². The van der Waals surface area contributed by atoms with Crippen molar-refractivity contribution >= 4 is 31.6 Å². The molecular formula is C30H56IP. The van der Waals surface area contributed by atoms with Crippen LogP contribution in [0.15, 0.2) is 30.3 Å². The molecule has 0 atom stereocenters. The summed E-state index contributed by atoms with van der Waals surface area (Å²) in [6, 6.07) is 11.9. The van der Waals surface area contributed by atoms with Crippen molar-refractivity contribution in [3.63, 3.8) is 0 Å². The van der Waals surface area contributed by atoms with Gasteiger partial charge in [-0.2, -0.15) is 0 Å². The van der Waals surface area contributed by atoms with Gasteiger partial charge in [0.1, 0.15) is 0 Å². The zero-order valence-corrected chi connectivity index (χ0v) is 25.1. The second kappa shape index (κ2) is 18.7. The molecule has 188 valence electrons. The molecular weight excluding hydrogens is 518 g/mol. The summed E-state index contributed by atoms with van der Waals surface area (Å²) < 4.78 is -1.91. The summed E-state index contributed by atoms with van der Waals surface area (Å²) in [5.74, 6) is 0. The van der Waals surface area contributed by atoms with E-state index in [1.165, 1.54) is 134 Å². The normalized spacial score (nSPS) is 13.2. The predicted molar refractivity (Wildman–Crippen MR) is 162 cm³/mol. The Morgan fingerprint density at radius 1 is 0.469 bits per heavy atom. The van der Waals surface area contributed by atoms with Crippen molar-refractivity contribution in [2.45, 2.75) is 136 Å². The Balaban J connectivity index is 2.86. The summed E-state index contributed by atoms with van der Waals surface area (Å²) in [5, 5.41) is 1.75. The number of halogens is 1. The van der Waals surface area contributed by atoms with Crippen LogP contribution in [0.4, 0.5) is 0 Å². The van der Waals surface area contributed by atoms with Crippen LogP contribution in [0.2, 0.25) is 0 Å². The first kappa shape index (κ1) is 30.4. The van der Waals surface area contributed by atoms with Gasteiger partial charge in [-0.15, -0.1) is 0 Å². The van der Waals surface area contributed by atoms with Gasteiger partial charge in [0.05, 0.1) is 0 Å². The molecule has 0 aliphatic heterocycles. The Morgan fingerprint density at radius 3 is 1.12 bits per heavy atom. The van der Waals surface area contributed by atoms with E-state index in [4.69, 9.17) is 0 Å². The van der Waals surface area contributed by atoms with Crippen molar-refractivity contribution in [1.29, 1.82) is 0 Å². The van der Waals surface area contributed by atoms with Crippen molar-refractivity contribution in [2.24, 2.45) is 0 Å². The van der Waals surface area contributed by atoms with E-state index in [1.54, 1.807) is 5.30 Å².